The van der Waals surface area contributed by atoms with Crippen LogP contribution in [0.1, 0.15) is 11.5 Å². The minimum absolute atomic E-state index is 0.0299. The molecule has 2 N–H and O–H groups in total. The Kier molecular flexibility index (Phi) is 3.61. The second-order valence-corrected chi connectivity index (χ2v) is 6.56. The summed E-state index contributed by atoms with van der Waals surface area (Å²) >= 11 is 3.41. The number of fused-ring (bicyclic) bond motifs is 1. The molecule has 1 heterocycles. The molecule has 3 rings (SSSR count). The summed E-state index contributed by atoms with van der Waals surface area (Å²) in [7, 11) is 4.28. The van der Waals surface area contributed by atoms with Gasteiger partial charge in [0.2, 0.25) is 0 Å². The lowest BCUT2D eigenvalue weighted by atomic mass is 9.93. The molecule has 1 fully saturated rings. The van der Waals surface area contributed by atoms with Gasteiger partial charge in [-0.3, -0.25) is 0 Å². The average molecular weight is 391 g/mol. The summed E-state index contributed by atoms with van der Waals surface area (Å²) in [6.07, 6.45) is 0. The fourth-order valence-electron chi connectivity index (χ4n) is 3.92. The SMILES string of the molecule is COc1ccc(Br)cc1C1C2(C#N)C(N)=NC(OC)(OC)C12C#N. The van der Waals surface area contributed by atoms with Gasteiger partial charge in [-0.15, -0.1) is 0 Å². The molecule has 1 aromatic carbocycles. The van der Waals surface area contributed by atoms with Gasteiger partial charge in [0.15, 0.2) is 5.41 Å². The molecule has 3 atom stereocenters. The second kappa shape index (κ2) is 5.18. The first-order valence-corrected chi connectivity index (χ1v) is 7.86. The Morgan fingerprint density at radius 1 is 1.21 bits per heavy atom. The Bertz CT molecular complexity index is 824. The van der Waals surface area contributed by atoms with Crippen LogP contribution >= 0.6 is 15.9 Å². The fourth-order valence-corrected chi connectivity index (χ4v) is 4.30. The van der Waals surface area contributed by atoms with Gasteiger partial charge in [-0.25, -0.2) is 4.99 Å². The fraction of sp³-hybridized carbons (Fsp3) is 0.438. The maximum absolute atomic E-state index is 10.0. The number of benzene rings is 1. The molecule has 24 heavy (non-hydrogen) atoms. The number of ether oxygens (including phenoxy) is 3. The molecule has 0 spiro atoms. The van der Waals surface area contributed by atoms with Crippen LogP contribution in [0.3, 0.4) is 0 Å². The molecule has 3 unspecified atom stereocenters. The van der Waals surface area contributed by atoms with E-state index in [1.165, 1.54) is 21.3 Å². The number of rotatable bonds is 4. The van der Waals surface area contributed by atoms with E-state index in [1.54, 1.807) is 6.07 Å². The molecular weight excluding hydrogens is 376 g/mol. The van der Waals surface area contributed by atoms with E-state index in [2.05, 4.69) is 33.1 Å². The highest BCUT2D eigenvalue weighted by Crippen LogP contribution is 2.82. The van der Waals surface area contributed by atoms with Gasteiger partial charge < -0.3 is 19.9 Å². The first kappa shape index (κ1) is 16.7. The van der Waals surface area contributed by atoms with Crippen molar-refractivity contribution in [2.75, 3.05) is 21.3 Å². The van der Waals surface area contributed by atoms with Crippen molar-refractivity contribution in [1.82, 2.24) is 0 Å². The van der Waals surface area contributed by atoms with E-state index >= 15 is 0 Å². The number of nitrogens with zero attached hydrogens (tertiary/aromatic N) is 3. The number of nitriles is 2. The van der Waals surface area contributed by atoms with Crippen molar-refractivity contribution in [1.29, 1.82) is 10.5 Å². The molecule has 0 radical (unpaired) electrons. The van der Waals surface area contributed by atoms with Gasteiger partial charge in [0.1, 0.15) is 17.0 Å². The summed E-state index contributed by atoms with van der Waals surface area (Å²) in [5.41, 5.74) is 4.02. The third-order valence-electron chi connectivity index (χ3n) is 4.98. The molecule has 8 heteroatoms. The number of hydrogen-bond donors (Lipinski definition) is 1. The summed E-state index contributed by atoms with van der Waals surface area (Å²) in [5.74, 6) is -1.65. The summed E-state index contributed by atoms with van der Waals surface area (Å²) in [6.45, 7) is 0. The molecule has 1 saturated carbocycles. The van der Waals surface area contributed by atoms with Crippen molar-refractivity contribution < 1.29 is 14.2 Å². The van der Waals surface area contributed by atoms with Crippen molar-refractivity contribution in [3.63, 3.8) is 0 Å². The normalized spacial score (nSPS) is 32.2. The van der Waals surface area contributed by atoms with Crippen LogP contribution < -0.4 is 10.5 Å². The van der Waals surface area contributed by atoms with Crippen LogP contribution in [0.4, 0.5) is 0 Å². The Morgan fingerprint density at radius 3 is 2.38 bits per heavy atom. The summed E-state index contributed by atoms with van der Waals surface area (Å²) in [6, 6.07) is 9.79. The van der Waals surface area contributed by atoms with E-state index in [4.69, 9.17) is 19.9 Å². The Labute approximate surface area is 147 Å². The van der Waals surface area contributed by atoms with Crippen LogP contribution in [0.25, 0.3) is 0 Å². The molecule has 1 aliphatic heterocycles. The molecule has 1 aliphatic carbocycles. The summed E-state index contributed by atoms with van der Waals surface area (Å²) in [4.78, 5) is 4.18. The minimum atomic E-state index is -1.64. The van der Waals surface area contributed by atoms with Crippen molar-refractivity contribution in [3.8, 4) is 17.9 Å². The molecule has 1 aromatic rings. The smallest absolute Gasteiger partial charge is 0.292 e. The highest BCUT2D eigenvalue weighted by atomic mass is 79.9. The zero-order valence-corrected chi connectivity index (χ0v) is 14.9. The van der Waals surface area contributed by atoms with E-state index in [0.29, 0.717) is 11.3 Å². The molecule has 0 amide bonds. The number of amidine groups is 1. The highest BCUT2D eigenvalue weighted by molar-refractivity contribution is 9.10. The maximum Gasteiger partial charge on any atom is 0.292 e. The van der Waals surface area contributed by atoms with Gasteiger partial charge in [0, 0.05) is 30.2 Å². The van der Waals surface area contributed by atoms with E-state index < -0.39 is 22.7 Å². The number of methoxy groups -OCH3 is 3. The van der Waals surface area contributed by atoms with Crippen LogP contribution in [-0.2, 0) is 9.47 Å². The Hall–Kier alpha value is -2.13. The predicted octanol–water partition coefficient (Wildman–Crippen LogP) is 1.89. The number of aliphatic imine (C=N–C) groups is 1. The van der Waals surface area contributed by atoms with Crippen LogP contribution in [0, 0.1) is 33.5 Å². The Balaban J connectivity index is 2.30. The summed E-state index contributed by atoms with van der Waals surface area (Å²) in [5, 5.41) is 19.9. The van der Waals surface area contributed by atoms with Gasteiger partial charge in [-0.2, -0.15) is 10.5 Å². The zero-order valence-electron chi connectivity index (χ0n) is 13.3. The van der Waals surface area contributed by atoms with Gasteiger partial charge >= 0.3 is 0 Å². The van der Waals surface area contributed by atoms with E-state index in [1.807, 2.05) is 12.1 Å². The van der Waals surface area contributed by atoms with E-state index in [-0.39, 0.29) is 5.84 Å². The van der Waals surface area contributed by atoms with Gasteiger partial charge in [0.25, 0.3) is 5.91 Å². The first-order chi connectivity index (χ1) is 11.4. The third kappa shape index (κ3) is 1.54. The highest BCUT2D eigenvalue weighted by Gasteiger charge is 2.93. The monoisotopic (exact) mass is 390 g/mol. The lowest BCUT2D eigenvalue weighted by molar-refractivity contribution is -0.230. The van der Waals surface area contributed by atoms with E-state index in [0.717, 1.165) is 4.47 Å². The Morgan fingerprint density at radius 2 is 1.88 bits per heavy atom. The molecule has 124 valence electrons. The van der Waals surface area contributed by atoms with Crippen LogP contribution in [0.2, 0.25) is 0 Å². The van der Waals surface area contributed by atoms with Crippen molar-refractivity contribution >= 4 is 21.8 Å². The minimum Gasteiger partial charge on any atom is -0.496 e. The van der Waals surface area contributed by atoms with Gasteiger partial charge in [-0.05, 0) is 18.2 Å². The van der Waals surface area contributed by atoms with E-state index in [9.17, 15) is 10.5 Å². The van der Waals surface area contributed by atoms with Crippen LogP contribution in [-0.4, -0.2) is 33.1 Å². The topological polar surface area (TPSA) is 114 Å². The molecule has 7 nitrogen and oxygen atoms in total. The quantitative estimate of drug-likeness (QED) is 0.785. The average Bonchev–Trinajstić information content (AvgIpc) is 3.17. The van der Waals surface area contributed by atoms with Crippen LogP contribution in [0.15, 0.2) is 27.7 Å². The molecule has 0 aromatic heterocycles. The number of hydrogen-bond acceptors (Lipinski definition) is 7. The predicted molar refractivity (Wildman–Crippen MR) is 87.9 cm³/mol. The van der Waals surface area contributed by atoms with Crippen LogP contribution in [0.5, 0.6) is 5.75 Å². The van der Waals surface area contributed by atoms with Crippen molar-refractivity contribution in [2.45, 2.75) is 11.8 Å². The lowest BCUT2D eigenvalue weighted by Crippen LogP contribution is -2.41. The molecular formula is C16H15BrN4O3. The molecule has 2 aliphatic rings. The second-order valence-electron chi connectivity index (χ2n) is 5.65. The molecule has 0 bridgehead atoms. The molecule has 0 saturated heterocycles. The lowest BCUT2D eigenvalue weighted by Gasteiger charge is -2.29. The van der Waals surface area contributed by atoms with Crippen molar-refractivity contribution in [2.24, 2.45) is 21.6 Å². The number of nitrogens with two attached hydrogens (primary N) is 1. The van der Waals surface area contributed by atoms with Gasteiger partial charge in [0.05, 0.1) is 19.2 Å². The zero-order chi connectivity index (χ0) is 17.8. The number of halogens is 1. The third-order valence-corrected chi connectivity index (χ3v) is 5.48. The van der Waals surface area contributed by atoms with Crippen molar-refractivity contribution in [3.05, 3.63) is 28.2 Å². The first-order valence-electron chi connectivity index (χ1n) is 7.06. The standard InChI is InChI=1S/C16H15BrN4O3/c1-22-11-5-4-9(17)6-10(11)12-14(7-18)13(20)21-16(23-2,24-3)15(12,14)8-19/h4-6,12H,1-3H3,(H2,20,21). The van der Waals surface area contributed by atoms with Gasteiger partial charge in [-0.1, -0.05) is 15.9 Å². The maximum atomic E-state index is 10.0. The summed E-state index contributed by atoms with van der Waals surface area (Å²) < 4.78 is 17.1. The largest absolute Gasteiger partial charge is 0.496 e.